The number of carbonyl (C=O) groups is 1. The Morgan fingerprint density at radius 1 is 1.00 bits per heavy atom. The largest absolute Gasteiger partial charge is 0.497 e. The van der Waals surface area contributed by atoms with E-state index in [0.717, 1.165) is 56.5 Å². The first kappa shape index (κ1) is 20.0. The van der Waals surface area contributed by atoms with Gasteiger partial charge in [0.05, 0.1) is 12.5 Å². The second-order valence-corrected chi connectivity index (χ2v) is 8.31. The molecule has 2 fully saturated rings. The van der Waals surface area contributed by atoms with E-state index >= 15 is 0 Å². The molecule has 0 aliphatic carbocycles. The zero-order chi connectivity index (χ0) is 20.1. The lowest BCUT2D eigenvalue weighted by molar-refractivity contribution is -0.149. The maximum Gasteiger partial charge on any atom is 0.229 e. The SMILES string of the molecule is COc1ccc(-c2ccccc2CC2(C(=O)N3CCCCC3)CCOCC2)cc1. The summed E-state index contributed by atoms with van der Waals surface area (Å²) in [6.45, 7) is 3.15. The molecule has 0 aromatic heterocycles. The molecule has 1 amide bonds. The number of amides is 1. The van der Waals surface area contributed by atoms with Gasteiger partial charge in [-0.25, -0.2) is 0 Å². The van der Waals surface area contributed by atoms with Gasteiger partial charge in [0.1, 0.15) is 5.75 Å². The molecule has 2 aliphatic heterocycles. The number of hydrogen-bond donors (Lipinski definition) is 0. The molecular formula is C25H31NO3. The molecule has 29 heavy (non-hydrogen) atoms. The van der Waals surface area contributed by atoms with Crippen molar-refractivity contribution in [2.24, 2.45) is 5.41 Å². The first-order chi connectivity index (χ1) is 14.2. The van der Waals surface area contributed by atoms with E-state index in [2.05, 4.69) is 41.3 Å². The summed E-state index contributed by atoms with van der Waals surface area (Å²) in [5.41, 5.74) is 3.25. The third-order valence-electron chi connectivity index (χ3n) is 6.49. The van der Waals surface area contributed by atoms with Crippen molar-refractivity contribution in [1.82, 2.24) is 4.90 Å². The zero-order valence-corrected chi connectivity index (χ0v) is 17.4. The minimum Gasteiger partial charge on any atom is -0.497 e. The van der Waals surface area contributed by atoms with Crippen LogP contribution in [-0.4, -0.2) is 44.2 Å². The van der Waals surface area contributed by atoms with Crippen LogP contribution in [0.4, 0.5) is 0 Å². The van der Waals surface area contributed by atoms with Crippen LogP contribution in [0.25, 0.3) is 11.1 Å². The fourth-order valence-corrected chi connectivity index (χ4v) is 4.75. The topological polar surface area (TPSA) is 38.8 Å². The minimum atomic E-state index is -0.349. The summed E-state index contributed by atoms with van der Waals surface area (Å²) in [6, 6.07) is 16.7. The molecule has 0 unspecified atom stereocenters. The molecule has 2 aromatic carbocycles. The predicted molar refractivity (Wildman–Crippen MR) is 115 cm³/mol. The van der Waals surface area contributed by atoms with Crippen molar-refractivity contribution in [2.75, 3.05) is 33.4 Å². The van der Waals surface area contributed by atoms with Crippen LogP contribution in [0.1, 0.15) is 37.7 Å². The second-order valence-electron chi connectivity index (χ2n) is 8.31. The van der Waals surface area contributed by atoms with Crippen LogP contribution in [0.15, 0.2) is 48.5 Å². The fourth-order valence-electron chi connectivity index (χ4n) is 4.75. The number of methoxy groups -OCH3 is 1. The number of benzene rings is 2. The van der Waals surface area contributed by atoms with Gasteiger partial charge >= 0.3 is 0 Å². The highest BCUT2D eigenvalue weighted by Gasteiger charge is 2.43. The molecule has 0 saturated carbocycles. The highest BCUT2D eigenvalue weighted by Crippen LogP contribution is 2.39. The quantitative estimate of drug-likeness (QED) is 0.738. The number of likely N-dealkylation sites (tertiary alicyclic amines) is 1. The molecule has 2 aromatic rings. The molecule has 2 saturated heterocycles. The van der Waals surface area contributed by atoms with Crippen molar-refractivity contribution in [1.29, 1.82) is 0 Å². The average Bonchev–Trinajstić information content (AvgIpc) is 2.80. The normalized spacial score (nSPS) is 19.0. The minimum absolute atomic E-state index is 0.338. The van der Waals surface area contributed by atoms with Crippen LogP contribution >= 0.6 is 0 Å². The maximum atomic E-state index is 13.7. The number of hydrogen-bond acceptors (Lipinski definition) is 3. The van der Waals surface area contributed by atoms with Gasteiger partial charge in [0.2, 0.25) is 5.91 Å². The van der Waals surface area contributed by atoms with Gasteiger partial charge < -0.3 is 14.4 Å². The Balaban J connectivity index is 1.65. The first-order valence-corrected chi connectivity index (χ1v) is 10.8. The molecule has 2 aliphatic rings. The fraction of sp³-hybridized carbons (Fsp3) is 0.480. The molecule has 0 atom stereocenters. The summed E-state index contributed by atoms with van der Waals surface area (Å²) in [6.07, 6.45) is 5.87. The molecule has 0 spiro atoms. The molecule has 0 bridgehead atoms. The number of ether oxygens (including phenoxy) is 2. The van der Waals surface area contributed by atoms with Gasteiger partial charge in [-0.1, -0.05) is 36.4 Å². The van der Waals surface area contributed by atoms with Crippen molar-refractivity contribution >= 4 is 5.91 Å². The highest BCUT2D eigenvalue weighted by molar-refractivity contribution is 5.84. The molecule has 154 valence electrons. The predicted octanol–water partition coefficient (Wildman–Crippen LogP) is 4.71. The summed E-state index contributed by atoms with van der Waals surface area (Å²) < 4.78 is 11.0. The van der Waals surface area contributed by atoms with Gasteiger partial charge in [0.25, 0.3) is 0 Å². The van der Waals surface area contributed by atoms with Crippen LogP contribution in [-0.2, 0) is 16.0 Å². The Hall–Kier alpha value is -2.33. The van der Waals surface area contributed by atoms with Crippen LogP contribution in [0.5, 0.6) is 5.75 Å². The summed E-state index contributed by atoms with van der Waals surface area (Å²) in [4.78, 5) is 15.8. The van der Waals surface area contributed by atoms with Crippen molar-refractivity contribution in [2.45, 2.75) is 38.5 Å². The van der Waals surface area contributed by atoms with Gasteiger partial charge in [-0.05, 0) is 67.3 Å². The van der Waals surface area contributed by atoms with E-state index in [1.165, 1.54) is 17.5 Å². The van der Waals surface area contributed by atoms with Crippen LogP contribution in [0, 0.1) is 5.41 Å². The third kappa shape index (κ3) is 4.32. The first-order valence-electron chi connectivity index (χ1n) is 10.8. The lowest BCUT2D eigenvalue weighted by Crippen LogP contribution is -2.49. The van der Waals surface area contributed by atoms with Crippen molar-refractivity contribution in [3.63, 3.8) is 0 Å². The Kier molecular flexibility index (Phi) is 6.19. The van der Waals surface area contributed by atoms with E-state index in [-0.39, 0.29) is 5.41 Å². The van der Waals surface area contributed by atoms with Crippen molar-refractivity contribution in [3.05, 3.63) is 54.1 Å². The standard InChI is InChI=1S/C25H31NO3/c1-28-22-11-9-20(10-12-22)23-8-4-3-7-21(23)19-25(13-17-29-18-14-25)24(27)26-15-5-2-6-16-26/h3-4,7-12H,2,5-6,13-19H2,1H3. The maximum absolute atomic E-state index is 13.7. The van der Waals surface area contributed by atoms with Crippen molar-refractivity contribution in [3.8, 4) is 16.9 Å². The van der Waals surface area contributed by atoms with E-state index in [1.54, 1.807) is 7.11 Å². The third-order valence-corrected chi connectivity index (χ3v) is 6.49. The molecule has 4 heteroatoms. The van der Waals surface area contributed by atoms with E-state index in [0.29, 0.717) is 19.1 Å². The molecule has 2 heterocycles. The number of nitrogens with zero attached hydrogens (tertiary/aromatic N) is 1. The monoisotopic (exact) mass is 393 g/mol. The lowest BCUT2D eigenvalue weighted by atomic mass is 9.72. The summed E-state index contributed by atoms with van der Waals surface area (Å²) >= 11 is 0. The smallest absolute Gasteiger partial charge is 0.229 e. The summed E-state index contributed by atoms with van der Waals surface area (Å²) in [5, 5.41) is 0. The highest BCUT2D eigenvalue weighted by atomic mass is 16.5. The Morgan fingerprint density at radius 2 is 1.69 bits per heavy atom. The zero-order valence-electron chi connectivity index (χ0n) is 17.4. The van der Waals surface area contributed by atoms with Gasteiger partial charge in [-0.15, -0.1) is 0 Å². The van der Waals surface area contributed by atoms with E-state index in [1.807, 2.05) is 12.1 Å². The lowest BCUT2D eigenvalue weighted by Gasteiger charge is -2.41. The number of piperidine rings is 1. The number of carbonyl (C=O) groups excluding carboxylic acids is 1. The Morgan fingerprint density at radius 3 is 2.38 bits per heavy atom. The average molecular weight is 394 g/mol. The molecule has 0 radical (unpaired) electrons. The van der Waals surface area contributed by atoms with Crippen molar-refractivity contribution < 1.29 is 14.3 Å². The Bertz CT molecular complexity index is 818. The molecule has 4 rings (SSSR count). The molecule has 4 nitrogen and oxygen atoms in total. The second kappa shape index (κ2) is 9.00. The van der Waals surface area contributed by atoms with Gasteiger partial charge in [-0.3, -0.25) is 4.79 Å². The summed E-state index contributed by atoms with van der Waals surface area (Å²) in [7, 11) is 1.68. The van der Waals surface area contributed by atoms with E-state index in [4.69, 9.17) is 9.47 Å². The van der Waals surface area contributed by atoms with Gasteiger partial charge in [0, 0.05) is 26.3 Å². The van der Waals surface area contributed by atoms with Crippen LogP contribution in [0.2, 0.25) is 0 Å². The molecular weight excluding hydrogens is 362 g/mol. The van der Waals surface area contributed by atoms with Gasteiger partial charge in [-0.2, -0.15) is 0 Å². The summed E-state index contributed by atoms with van der Waals surface area (Å²) in [5.74, 6) is 1.19. The van der Waals surface area contributed by atoms with E-state index < -0.39 is 0 Å². The van der Waals surface area contributed by atoms with E-state index in [9.17, 15) is 4.79 Å². The molecule has 0 N–H and O–H groups in total. The van der Waals surface area contributed by atoms with Gasteiger partial charge in [0.15, 0.2) is 0 Å². The van der Waals surface area contributed by atoms with Crippen LogP contribution < -0.4 is 4.74 Å². The van der Waals surface area contributed by atoms with Crippen LogP contribution in [0.3, 0.4) is 0 Å². The Labute approximate surface area is 173 Å². The number of rotatable bonds is 5.